The van der Waals surface area contributed by atoms with E-state index in [-0.39, 0.29) is 11.9 Å². The molecule has 146 valence electrons. The van der Waals surface area contributed by atoms with Crippen molar-refractivity contribution in [3.05, 3.63) is 30.1 Å². The van der Waals surface area contributed by atoms with E-state index in [4.69, 9.17) is 0 Å². The Kier molecular flexibility index (Phi) is 5.14. The van der Waals surface area contributed by atoms with Crippen LogP contribution in [0.1, 0.15) is 25.3 Å². The van der Waals surface area contributed by atoms with Gasteiger partial charge in [0.15, 0.2) is 0 Å². The van der Waals surface area contributed by atoms with Crippen LogP contribution in [0.25, 0.3) is 11.0 Å². The van der Waals surface area contributed by atoms with Crippen molar-refractivity contribution in [2.24, 2.45) is 11.8 Å². The summed E-state index contributed by atoms with van der Waals surface area (Å²) < 4.78 is 0. The van der Waals surface area contributed by atoms with Gasteiger partial charge in [-0.15, -0.1) is 0 Å². The maximum atomic E-state index is 12.5. The number of likely N-dealkylation sites (tertiary alicyclic amines) is 1. The fourth-order valence-corrected chi connectivity index (χ4v) is 4.46. The quantitative estimate of drug-likeness (QED) is 0.873. The molecule has 28 heavy (non-hydrogen) atoms. The van der Waals surface area contributed by atoms with Crippen molar-refractivity contribution in [2.45, 2.75) is 25.8 Å². The number of nitrogens with one attached hydrogen (secondary N) is 1. The number of nitrogens with zero attached hydrogens (tertiary/aromatic N) is 5. The minimum atomic E-state index is 0.119. The zero-order valence-electron chi connectivity index (χ0n) is 16.4. The van der Waals surface area contributed by atoms with E-state index < -0.39 is 0 Å². The average Bonchev–Trinajstić information content (AvgIpc) is 3.26. The van der Waals surface area contributed by atoms with Crippen LogP contribution in [0.2, 0.25) is 0 Å². The zero-order chi connectivity index (χ0) is 19.7. The highest BCUT2D eigenvalue weighted by atomic mass is 16.1. The second-order valence-corrected chi connectivity index (χ2v) is 8.17. The number of benzene rings is 1. The van der Waals surface area contributed by atoms with Gasteiger partial charge in [0.2, 0.25) is 5.91 Å². The molecular weight excluding hydrogens is 352 g/mol. The fourth-order valence-electron chi connectivity index (χ4n) is 4.46. The fraction of sp³-hybridized carbons (Fsp3) is 0.524. The molecule has 4 rings (SSSR count). The van der Waals surface area contributed by atoms with Crippen LogP contribution in [0, 0.1) is 23.2 Å². The smallest absolute Gasteiger partial charge is 0.220 e. The van der Waals surface area contributed by atoms with Crippen molar-refractivity contribution < 1.29 is 4.79 Å². The number of anilines is 1. The first kappa shape index (κ1) is 18.6. The molecule has 3 atom stereocenters. The summed E-state index contributed by atoms with van der Waals surface area (Å²) in [6, 6.07) is 6.06. The second-order valence-electron chi connectivity index (χ2n) is 8.17. The minimum absolute atomic E-state index is 0.119. The van der Waals surface area contributed by atoms with Gasteiger partial charge >= 0.3 is 0 Å². The summed E-state index contributed by atoms with van der Waals surface area (Å²) in [5.41, 5.74) is 2.89. The Hall–Kier alpha value is -2.72. The van der Waals surface area contributed by atoms with Gasteiger partial charge < -0.3 is 15.1 Å². The summed E-state index contributed by atoms with van der Waals surface area (Å²) in [5, 5.41) is 12.6. The van der Waals surface area contributed by atoms with Gasteiger partial charge in [0, 0.05) is 38.4 Å². The standard InChI is InChI=1S/C21H26N6O/c1-14-11-27(13-17(14)25-19(28)9-15-5-8-26(2)12-15)18-4-3-16(10-22)20-21(18)24-7-6-23-20/h3-4,6-7,14-15,17H,5,8-9,11-13H2,1-2H3,(H,25,28)/t14-,15?,17?/m1/s1. The number of hydrogen-bond donors (Lipinski definition) is 1. The van der Waals surface area contributed by atoms with Crippen LogP contribution in [0.15, 0.2) is 24.5 Å². The van der Waals surface area contributed by atoms with Gasteiger partial charge in [-0.05, 0) is 44.0 Å². The summed E-state index contributed by atoms with van der Waals surface area (Å²) in [6.45, 7) is 5.85. The molecule has 2 aromatic rings. The molecule has 2 aliphatic rings. The van der Waals surface area contributed by atoms with E-state index in [0.717, 1.165) is 43.8 Å². The largest absolute Gasteiger partial charge is 0.367 e. The van der Waals surface area contributed by atoms with Gasteiger partial charge in [-0.3, -0.25) is 14.8 Å². The first-order chi connectivity index (χ1) is 13.5. The van der Waals surface area contributed by atoms with Crippen LogP contribution in [0.3, 0.4) is 0 Å². The van der Waals surface area contributed by atoms with Gasteiger partial charge in [-0.2, -0.15) is 5.26 Å². The van der Waals surface area contributed by atoms with Crippen LogP contribution in [-0.2, 0) is 4.79 Å². The van der Waals surface area contributed by atoms with Crippen molar-refractivity contribution >= 4 is 22.6 Å². The molecule has 7 heteroatoms. The van der Waals surface area contributed by atoms with Crippen molar-refractivity contribution in [1.29, 1.82) is 5.26 Å². The Morgan fingerprint density at radius 3 is 2.75 bits per heavy atom. The van der Waals surface area contributed by atoms with Crippen LogP contribution < -0.4 is 10.2 Å². The molecule has 0 saturated carbocycles. The first-order valence-corrected chi connectivity index (χ1v) is 9.92. The summed E-state index contributed by atoms with van der Waals surface area (Å²) in [6.07, 6.45) is 4.98. The maximum Gasteiger partial charge on any atom is 0.220 e. The number of carbonyl (C=O) groups is 1. The van der Waals surface area contributed by atoms with E-state index in [1.807, 2.05) is 6.07 Å². The molecule has 0 aliphatic carbocycles. The highest BCUT2D eigenvalue weighted by Gasteiger charge is 2.33. The predicted molar refractivity (Wildman–Crippen MR) is 108 cm³/mol. The number of hydrogen-bond acceptors (Lipinski definition) is 6. The second kappa shape index (κ2) is 7.72. The molecule has 2 fully saturated rings. The molecule has 0 bridgehead atoms. The summed E-state index contributed by atoms with van der Waals surface area (Å²) in [7, 11) is 2.11. The number of rotatable bonds is 4. The van der Waals surface area contributed by atoms with Gasteiger partial charge in [-0.1, -0.05) is 6.92 Å². The number of amides is 1. The average molecular weight is 378 g/mol. The molecule has 7 nitrogen and oxygen atoms in total. The van der Waals surface area contributed by atoms with Crippen LogP contribution in [0.4, 0.5) is 5.69 Å². The van der Waals surface area contributed by atoms with Gasteiger partial charge in [0.25, 0.3) is 0 Å². The lowest BCUT2D eigenvalue weighted by atomic mass is 10.0. The summed E-state index contributed by atoms with van der Waals surface area (Å²) in [5.74, 6) is 0.969. The Balaban J connectivity index is 1.46. The van der Waals surface area contributed by atoms with Crippen molar-refractivity contribution in [1.82, 2.24) is 20.2 Å². The van der Waals surface area contributed by atoms with E-state index >= 15 is 0 Å². The third kappa shape index (κ3) is 3.65. The molecule has 0 spiro atoms. The lowest BCUT2D eigenvalue weighted by molar-refractivity contribution is -0.122. The molecule has 1 aromatic carbocycles. The van der Waals surface area contributed by atoms with Gasteiger partial charge in [0.1, 0.15) is 17.1 Å². The minimum Gasteiger partial charge on any atom is -0.367 e. The van der Waals surface area contributed by atoms with Crippen LogP contribution in [-0.4, -0.2) is 60.0 Å². The Morgan fingerprint density at radius 2 is 2.04 bits per heavy atom. The monoisotopic (exact) mass is 378 g/mol. The molecule has 1 N–H and O–H groups in total. The molecule has 1 aromatic heterocycles. The lowest BCUT2D eigenvalue weighted by Gasteiger charge is -2.21. The van der Waals surface area contributed by atoms with E-state index in [1.165, 1.54) is 0 Å². The third-order valence-corrected chi connectivity index (χ3v) is 5.99. The Morgan fingerprint density at radius 1 is 1.25 bits per heavy atom. The Labute approximate surface area is 165 Å². The summed E-state index contributed by atoms with van der Waals surface area (Å²) >= 11 is 0. The molecule has 2 unspecified atom stereocenters. The number of fused-ring (bicyclic) bond motifs is 1. The predicted octanol–water partition coefficient (Wildman–Crippen LogP) is 1.78. The highest BCUT2D eigenvalue weighted by Crippen LogP contribution is 2.30. The van der Waals surface area contributed by atoms with Crippen molar-refractivity contribution in [3.63, 3.8) is 0 Å². The van der Waals surface area contributed by atoms with E-state index in [0.29, 0.717) is 29.3 Å². The Bertz CT molecular complexity index is 923. The zero-order valence-corrected chi connectivity index (χ0v) is 16.4. The van der Waals surface area contributed by atoms with Crippen LogP contribution in [0.5, 0.6) is 0 Å². The van der Waals surface area contributed by atoms with E-state index in [9.17, 15) is 10.1 Å². The topological polar surface area (TPSA) is 85.1 Å². The maximum absolute atomic E-state index is 12.5. The van der Waals surface area contributed by atoms with Crippen molar-refractivity contribution in [2.75, 3.05) is 38.1 Å². The van der Waals surface area contributed by atoms with Gasteiger partial charge in [0.05, 0.1) is 17.3 Å². The molecular formula is C21H26N6O. The highest BCUT2D eigenvalue weighted by molar-refractivity contribution is 5.92. The summed E-state index contributed by atoms with van der Waals surface area (Å²) in [4.78, 5) is 25.9. The van der Waals surface area contributed by atoms with E-state index in [1.54, 1.807) is 18.5 Å². The first-order valence-electron chi connectivity index (χ1n) is 9.92. The SMILES string of the molecule is C[C@@H]1CN(c2ccc(C#N)c3nccnc23)CC1NC(=O)CC1CCN(C)C1. The molecule has 2 aliphatic heterocycles. The van der Waals surface area contributed by atoms with E-state index in [2.05, 4.69) is 45.1 Å². The molecule has 1 amide bonds. The number of aromatic nitrogens is 2. The van der Waals surface area contributed by atoms with Crippen molar-refractivity contribution in [3.8, 4) is 6.07 Å². The van der Waals surface area contributed by atoms with Crippen LogP contribution >= 0.6 is 0 Å². The molecule has 0 radical (unpaired) electrons. The lowest BCUT2D eigenvalue weighted by Crippen LogP contribution is -2.40. The number of nitriles is 1. The van der Waals surface area contributed by atoms with Gasteiger partial charge in [-0.25, -0.2) is 0 Å². The molecule has 2 saturated heterocycles. The third-order valence-electron chi connectivity index (χ3n) is 5.99. The normalized spacial score (nSPS) is 25.2. The number of carbonyl (C=O) groups excluding carboxylic acids is 1. The molecule has 3 heterocycles.